The van der Waals surface area contributed by atoms with Gasteiger partial charge in [0.1, 0.15) is 0 Å². The second-order valence-electron chi connectivity index (χ2n) is 7.38. The van der Waals surface area contributed by atoms with E-state index in [0.29, 0.717) is 38.1 Å². The Hall–Kier alpha value is -2.27. The normalized spacial score (nSPS) is 16.5. The third kappa shape index (κ3) is 7.42. The number of nitrogens with two attached hydrogens (primary N) is 1. The standard InChI is InChI=1S/C18H27N3O2S.C2HF3O2/c1-13-5-3-4-6-14(13)11-18(17(23)20-2)7-9-21(10-8-18)16(22)15(19)12-24;3-2(4,5)1(6)7/h3-6,15,24H,7-12,19H2,1-2H3,(H,20,23);(H,6,7)/t15-;/m0./s1. The number of piperidine rings is 1. The van der Waals surface area contributed by atoms with Crippen LogP contribution in [0.15, 0.2) is 24.3 Å². The largest absolute Gasteiger partial charge is 0.490 e. The SMILES string of the molecule is CNC(=O)C1(Cc2ccccc2C)CCN(C(=O)[C@@H](N)CS)CC1.O=C(O)C(F)(F)F. The molecule has 2 rings (SSSR count). The molecule has 1 aromatic carbocycles. The zero-order valence-electron chi connectivity index (χ0n) is 17.4. The lowest BCUT2D eigenvalue weighted by Crippen LogP contribution is -2.54. The summed E-state index contributed by atoms with van der Waals surface area (Å²) in [7, 11) is 1.68. The molecule has 1 fully saturated rings. The fourth-order valence-electron chi connectivity index (χ4n) is 3.39. The molecule has 31 heavy (non-hydrogen) atoms. The molecule has 1 aromatic rings. The topological polar surface area (TPSA) is 113 Å². The third-order valence-electron chi connectivity index (χ3n) is 5.29. The number of thiol groups is 1. The predicted octanol–water partition coefficient (Wildman–Crippen LogP) is 1.78. The molecule has 7 nitrogen and oxygen atoms in total. The van der Waals surface area contributed by atoms with Crippen LogP contribution in [0.5, 0.6) is 0 Å². The maximum atomic E-state index is 12.6. The number of nitrogens with one attached hydrogen (secondary N) is 1. The molecule has 2 amide bonds. The number of carboxylic acids is 1. The number of nitrogens with zero attached hydrogens (tertiary/aromatic N) is 1. The number of rotatable bonds is 5. The molecular formula is C20H28F3N3O4S. The third-order valence-corrected chi connectivity index (χ3v) is 5.68. The van der Waals surface area contributed by atoms with Crippen LogP contribution in [0.3, 0.4) is 0 Å². The number of carbonyl (C=O) groups excluding carboxylic acids is 2. The first kappa shape index (κ1) is 26.8. The fourth-order valence-corrected chi connectivity index (χ4v) is 3.55. The molecule has 0 spiro atoms. The Balaban J connectivity index is 0.000000592. The van der Waals surface area contributed by atoms with Crippen molar-refractivity contribution in [3.63, 3.8) is 0 Å². The van der Waals surface area contributed by atoms with Crippen molar-refractivity contribution in [1.82, 2.24) is 10.2 Å². The van der Waals surface area contributed by atoms with Gasteiger partial charge in [0.2, 0.25) is 11.8 Å². The van der Waals surface area contributed by atoms with Gasteiger partial charge in [0.25, 0.3) is 0 Å². The van der Waals surface area contributed by atoms with Crippen molar-refractivity contribution in [2.24, 2.45) is 11.1 Å². The van der Waals surface area contributed by atoms with Gasteiger partial charge in [-0.2, -0.15) is 25.8 Å². The number of alkyl halides is 3. The van der Waals surface area contributed by atoms with E-state index < -0.39 is 23.6 Å². The molecule has 1 aliphatic heterocycles. The Morgan fingerprint density at radius 3 is 2.19 bits per heavy atom. The van der Waals surface area contributed by atoms with E-state index in [0.717, 1.165) is 0 Å². The Bertz CT molecular complexity index is 781. The molecule has 4 N–H and O–H groups in total. The summed E-state index contributed by atoms with van der Waals surface area (Å²) in [5.74, 6) is -2.45. The molecule has 0 radical (unpaired) electrons. The highest BCUT2D eigenvalue weighted by atomic mass is 32.1. The van der Waals surface area contributed by atoms with E-state index in [2.05, 4.69) is 37.0 Å². The van der Waals surface area contributed by atoms with Gasteiger partial charge in [-0.25, -0.2) is 4.79 Å². The lowest BCUT2D eigenvalue weighted by molar-refractivity contribution is -0.192. The number of hydrogen-bond donors (Lipinski definition) is 4. The Labute approximate surface area is 184 Å². The van der Waals surface area contributed by atoms with Crippen molar-refractivity contribution in [2.45, 2.75) is 38.4 Å². The number of carboxylic acid groups (broad SMARTS) is 1. The van der Waals surface area contributed by atoms with Crippen LogP contribution >= 0.6 is 12.6 Å². The molecular weight excluding hydrogens is 435 g/mol. The summed E-state index contributed by atoms with van der Waals surface area (Å²) in [5, 5.41) is 9.94. The Morgan fingerprint density at radius 2 is 1.77 bits per heavy atom. The van der Waals surface area contributed by atoms with Crippen LogP contribution in [-0.4, -0.2) is 65.9 Å². The minimum atomic E-state index is -5.08. The molecule has 0 saturated carbocycles. The van der Waals surface area contributed by atoms with Gasteiger partial charge >= 0.3 is 12.1 Å². The minimum absolute atomic E-state index is 0.0522. The maximum absolute atomic E-state index is 12.6. The first-order valence-corrected chi connectivity index (χ1v) is 10.2. The van der Waals surface area contributed by atoms with Crippen LogP contribution in [0.1, 0.15) is 24.0 Å². The van der Waals surface area contributed by atoms with E-state index in [4.69, 9.17) is 15.6 Å². The zero-order chi connectivity index (χ0) is 23.8. The quantitative estimate of drug-likeness (QED) is 0.498. The number of aliphatic carboxylic acids is 1. The van der Waals surface area contributed by atoms with Gasteiger partial charge in [-0.15, -0.1) is 0 Å². The van der Waals surface area contributed by atoms with Crippen LogP contribution in [-0.2, 0) is 20.8 Å². The van der Waals surface area contributed by atoms with Crippen molar-refractivity contribution in [1.29, 1.82) is 0 Å². The highest BCUT2D eigenvalue weighted by Gasteiger charge is 2.42. The summed E-state index contributed by atoms with van der Waals surface area (Å²) in [6.07, 6.45) is -3.10. The van der Waals surface area contributed by atoms with Gasteiger partial charge in [0.15, 0.2) is 0 Å². The summed E-state index contributed by atoms with van der Waals surface area (Å²) in [6.45, 7) is 3.18. The molecule has 1 heterocycles. The average Bonchev–Trinajstić information content (AvgIpc) is 2.74. The summed E-state index contributed by atoms with van der Waals surface area (Å²) >= 11 is 4.10. The fraction of sp³-hybridized carbons (Fsp3) is 0.550. The first-order chi connectivity index (χ1) is 14.4. The minimum Gasteiger partial charge on any atom is -0.475 e. The Kier molecular flexibility index (Phi) is 9.82. The number of carbonyl (C=O) groups is 3. The van der Waals surface area contributed by atoms with E-state index in [-0.39, 0.29) is 11.8 Å². The van der Waals surface area contributed by atoms with Crippen LogP contribution in [0.25, 0.3) is 0 Å². The van der Waals surface area contributed by atoms with E-state index >= 15 is 0 Å². The van der Waals surface area contributed by atoms with E-state index in [1.807, 2.05) is 12.1 Å². The molecule has 174 valence electrons. The highest BCUT2D eigenvalue weighted by molar-refractivity contribution is 7.80. The molecule has 0 bridgehead atoms. The second-order valence-corrected chi connectivity index (χ2v) is 7.75. The highest BCUT2D eigenvalue weighted by Crippen LogP contribution is 2.36. The summed E-state index contributed by atoms with van der Waals surface area (Å²) in [5.41, 5.74) is 7.71. The van der Waals surface area contributed by atoms with Crippen molar-refractivity contribution < 1.29 is 32.7 Å². The van der Waals surface area contributed by atoms with Crippen molar-refractivity contribution in [3.05, 3.63) is 35.4 Å². The molecule has 1 atom stereocenters. The van der Waals surface area contributed by atoms with Gasteiger partial charge in [-0.3, -0.25) is 9.59 Å². The van der Waals surface area contributed by atoms with E-state index in [1.165, 1.54) is 11.1 Å². The molecule has 0 aliphatic carbocycles. The lowest BCUT2D eigenvalue weighted by Gasteiger charge is -2.41. The van der Waals surface area contributed by atoms with Crippen LogP contribution in [0.2, 0.25) is 0 Å². The lowest BCUT2D eigenvalue weighted by atomic mass is 9.72. The first-order valence-electron chi connectivity index (χ1n) is 9.60. The molecule has 1 aliphatic rings. The van der Waals surface area contributed by atoms with Crippen molar-refractivity contribution in [2.75, 3.05) is 25.9 Å². The number of aryl methyl sites for hydroxylation is 1. The molecule has 1 saturated heterocycles. The van der Waals surface area contributed by atoms with Crippen LogP contribution in [0, 0.1) is 12.3 Å². The molecule has 0 aromatic heterocycles. The van der Waals surface area contributed by atoms with E-state index in [1.54, 1.807) is 11.9 Å². The summed E-state index contributed by atoms with van der Waals surface area (Å²) in [6, 6.07) is 7.58. The van der Waals surface area contributed by atoms with Crippen molar-refractivity contribution in [3.8, 4) is 0 Å². The van der Waals surface area contributed by atoms with Gasteiger partial charge in [0.05, 0.1) is 11.5 Å². The number of amides is 2. The zero-order valence-corrected chi connectivity index (χ0v) is 18.3. The second kappa shape index (κ2) is 11.4. The van der Waals surface area contributed by atoms with Gasteiger partial charge < -0.3 is 21.1 Å². The number of halogens is 3. The average molecular weight is 464 g/mol. The number of hydrogen-bond acceptors (Lipinski definition) is 5. The smallest absolute Gasteiger partial charge is 0.475 e. The summed E-state index contributed by atoms with van der Waals surface area (Å²) in [4.78, 5) is 35.5. The van der Waals surface area contributed by atoms with E-state index in [9.17, 15) is 22.8 Å². The van der Waals surface area contributed by atoms with Crippen LogP contribution < -0.4 is 11.1 Å². The maximum Gasteiger partial charge on any atom is 0.490 e. The van der Waals surface area contributed by atoms with Gasteiger partial charge in [-0.05, 0) is 37.3 Å². The van der Waals surface area contributed by atoms with Crippen LogP contribution in [0.4, 0.5) is 13.2 Å². The molecule has 11 heteroatoms. The Morgan fingerprint density at radius 1 is 1.26 bits per heavy atom. The van der Waals surface area contributed by atoms with Crippen molar-refractivity contribution >= 4 is 30.4 Å². The predicted molar refractivity (Wildman–Crippen MR) is 113 cm³/mol. The van der Waals surface area contributed by atoms with Gasteiger partial charge in [0, 0.05) is 25.9 Å². The van der Waals surface area contributed by atoms with Gasteiger partial charge in [-0.1, -0.05) is 24.3 Å². The monoisotopic (exact) mass is 463 g/mol. The summed E-state index contributed by atoms with van der Waals surface area (Å²) < 4.78 is 31.7. The number of benzene rings is 1. The number of likely N-dealkylation sites (tertiary alicyclic amines) is 1. The molecule has 0 unspecified atom stereocenters.